The highest BCUT2D eigenvalue weighted by molar-refractivity contribution is 5.96. The van der Waals surface area contributed by atoms with Crippen LogP contribution in [0.2, 0.25) is 0 Å². The van der Waals surface area contributed by atoms with Gasteiger partial charge in [0.25, 0.3) is 5.91 Å². The summed E-state index contributed by atoms with van der Waals surface area (Å²) in [6, 6.07) is -2.70. The van der Waals surface area contributed by atoms with Gasteiger partial charge in [0.2, 0.25) is 5.91 Å². The first-order valence-corrected chi connectivity index (χ1v) is 15.3. The molecular weight excluding hydrogens is 554 g/mol. The van der Waals surface area contributed by atoms with Gasteiger partial charge in [0.1, 0.15) is 17.7 Å². The van der Waals surface area contributed by atoms with Crippen LogP contribution in [0.1, 0.15) is 85.5 Å². The number of carboxylic acids is 2. The van der Waals surface area contributed by atoms with Crippen molar-refractivity contribution in [3.63, 3.8) is 0 Å². The largest absolute Gasteiger partial charge is 0.481 e. The summed E-state index contributed by atoms with van der Waals surface area (Å²) in [5.74, 6) is -0.430. The van der Waals surface area contributed by atoms with Crippen LogP contribution < -0.4 is 10.6 Å². The fourth-order valence-electron chi connectivity index (χ4n) is 8.46. The number of nitrogens with one attached hydrogen (secondary N) is 2. The van der Waals surface area contributed by atoms with Crippen LogP contribution in [0.3, 0.4) is 0 Å². The Morgan fingerprint density at radius 3 is 2.40 bits per heavy atom. The first-order valence-electron chi connectivity index (χ1n) is 15.3. The van der Waals surface area contributed by atoms with Gasteiger partial charge in [0, 0.05) is 5.41 Å². The van der Waals surface area contributed by atoms with E-state index in [4.69, 9.17) is 16.4 Å². The number of carboxylic acid groups (broad SMARTS) is 2. The lowest BCUT2D eigenvalue weighted by atomic mass is 9.46. The minimum atomic E-state index is -1.62. The second-order valence-electron chi connectivity index (χ2n) is 13.6. The van der Waals surface area contributed by atoms with E-state index in [-0.39, 0.29) is 10.8 Å². The molecule has 0 aromatic carbocycles. The van der Waals surface area contributed by atoms with E-state index in [1.165, 1.54) is 5.57 Å². The fraction of sp³-hybridized carbons (Fsp3) is 0.719. The lowest BCUT2D eigenvalue weighted by molar-refractivity contribution is -0.147. The number of fused-ring (bicyclic) bond motifs is 5. The molecule has 4 aliphatic rings. The lowest BCUT2D eigenvalue weighted by Crippen LogP contribution is -2.54. The van der Waals surface area contributed by atoms with Gasteiger partial charge in [-0.1, -0.05) is 44.3 Å². The van der Waals surface area contributed by atoms with Crippen LogP contribution in [-0.2, 0) is 24.0 Å². The zero-order valence-electron chi connectivity index (χ0n) is 25.5. The number of carbonyl (C=O) groups excluding carboxylic acids is 2. The molecule has 4 aliphatic carbocycles. The predicted octanol–water partition coefficient (Wildman–Crippen LogP) is 2.87. The van der Waals surface area contributed by atoms with Gasteiger partial charge >= 0.3 is 11.9 Å². The van der Waals surface area contributed by atoms with Gasteiger partial charge in [-0.15, -0.1) is 6.42 Å². The third-order valence-corrected chi connectivity index (χ3v) is 11.0. The maximum absolute atomic E-state index is 12.6. The summed E-state index contributed by atoms with van der Waals surface area (Å²) >= 11 is 0. The third kappa shape index (κ3) is 6.17. The van der Waals surface area contributed by atoms with Crippen molar-refractivity contribution >= 4 is 29.5 Å². The number of hydrogen-bond donors (Lipinski definition) is 5. The van der Waals surface area contributed by atoms with Gasteiger partial charge in [-0.05, 0) is 86.5 Å². The van der Waals surface area contributed by atoms with E-state index in [2.05, 4.69) is 41.6 Å². The molecule has 11 nitrogen and oxygen atoms in total. The molecule has 0 aromatic heterocycles. The van der Waals surface area contributed by atoms with Crippen molar-refractivity contribution in [2.45, 2.75) is 103 Å². The van der Waals surface area contributed by atoms with Crippen molar-refractivity contribution in [3.05, 3.63) is 11.6 Å². The highest BCUT2D eigenvalue weighted by atomic mass is 16.6. The van der Waals surface area contributed by atoms with E-state index >= 15 is 0 Å². The standard InChI is InChI=1S/C32H45N3O8/c1-6-32(42)14-11-23-21-8-7-19-15-20(9-12-30(19,4)22(21)10-13-31(23,32)5)35-43-17-25(36)34-27(18(2)3)28(39)33-24(29(40)41)16-26(37)38/h1,15,18,21-24,27,42H,7-14,16-17H2,2-5H3,(H,33,39)(H,34,36)(H,37,38)(H,40,41)/b35-20-/t21-,22+,23-,24+,27+,30+,31+,32-/m1/s1. The van der Waals surface area contributed by atoms with E-state index < -0.39 is 60.4 Å². The van der Waals surface area contributed by atoms with Gasteiger partial charge in [0.15, 0.2) is 6.61 Å². The molecule has 8 atom stereocenters. The number of carbonyl (C=O) groups is 4. The molecular formula is C32H45N3O8. The molecule has 0 aliphatic heterocycles. The lowest BCUT2D eigenvalue weighted by Gasteiger charge is -2.58. The molecule has 0 aromatic rings. The van der Waals surface area contributed by atoms with Crippen molar-refractivity contribution in [2.24, 2.45) is 39.7 Å². The summed E-state index contributed by atoms with van der Waals surface area (Å²) in [6.07, 6.45) is 14.4. The van der Waals surface area contributed by atoms with Gasteiger partial charge in [-0.2, -0.15) is 0 Å². The van der Waals surface area contributed by atoms with Crippen molar-refractivity contribution in [1.82, 2.24) is 10.6 Å². The predicted molar refractivity (Wildman–Crippen MR) is 157 cm³/mol. The SMILES string of the molecule is C#C[C@@]1(O)CC[C@@H]2[C@@H]3CCC4=C/C(=N\OCC(=O)N[C@H](C(=O)N[C@@H](CC(=O)O)C(=O)O)C(C)C)CC[C@]4(C)[C@H]3CC[C@@]21C. The van der Waals surface area contributed by atoms with Crippen molar-refractivity contribution in [1.29, 1.82) is 0 Å². The monoisotopic (exact) mass is 599 g/mol. The molecule has 0 saturated heterocycles. The van der Waals surface area contributed by atoms with Gasteiger partial charge in [-0.25, -0.2) is 4.79 Å². The molecule has 11 heteroatoms. The van der Waals surface area contributed by atoms with Crippen LogP contribution in [-0.4, -0.2) is 69.1 Å². The maximum Gasteiger partial charge on any atom is 0.326 e. The summed E-state index contributed by atoms with van der Waals surface area (Å²) in [6.45, 7) is 7.46. The molecule has 0 spiro atoms. The molecule has 2 amide bonds. The molecule has 3 saturated carbocycles. The average Bonchev–Trinajstić information content (AvgIpc) is 3.21. The number of aliphatic hydroxyl groups is 1. The minimum absolute atomic E-state index is 0.0454. The van der Waals surface area contributed by atoms with Crippen molar-refractivity contribution < 1.29 is 39.3 Å². The Hall–Kier alpha value is -3.39. The summed E-state index contributed by atoms with van der Waals surface area (Å²) in [5, 5.41) is 38.3. The molecule has 0 unspecified atom stereocenters. The molecule has 0 heterocycles. The molecule has 4 rings (SSSR count). The Balaban J connectivity index is 1.35. The Morgan fingerprint density at radius 2 is 1.77 bits per heavy atom. The summed E-state index contributed by atoms with van der Waals surface area (Å²) in [7, 11) is 0. The summed E-state index contributed by atoms with van der Waals surface area (Å²) in [5.41, 5.74) is 0.909. The maximum atomic E-state index is 12.6. The van der Waals surface area contributed by atoms with Crippen LogP contribution >= 0.6 is 0 Å². The van der Waals surface area contributed by atoms with Crippen LogP contribution in [0.25, 0.3) is 0 Å². The smallest absolute Gasteiger partial charge is 0.326 e. The Labute approximate surface area is 252 Å². The number of aliphatic carboxylic acids is 2. The van der Waals surface area contributed by atoms with Gasteiger partial charge in [-0.3, -0.25) is 14.4 Å². The third-order valence-electron chi connectivity index (χ3n) is 11.0. The number of amides is 2. The number of terminal acetylenes is 1. The summed E-state index contributed by atoms with van der Waals surface area (Å²) < 4.78 is 0. The van der Waals surface area contributed by atoms with Crippen molar-refractivity contribution in [3.8, 4) is 12.3 Å². The highest BCUT2D eigenvalue weighted by Crippen LogP contribution is 2.67. The number of rotatable bonds is 10. The second kappa shape index (κ2) is 12.3. The Bertz CT molecular complexity index is 1250. The quantitative estimate of drug-likeness (QED) is 0.188. The average molecular weight is 600 g/mol. The highest BCUT2D eigenvalue weighted by Gasteiger charge is 2.63. The van der Waals surface area contributed by atoms with Gasteiger partial charge < -0.3 is 30.8 Å². The van der Waals surface area contributed by atoms with Crippen LogP contribution in [0.5, 0.6) is 0 Å². The van der Waals surface area contributed by atoms with E-state index in [1.54, 1.807) is 13.8 Å². The first-order chi connectivity index (χ1) is 20.1. The zero-order valence-corrected chi connectivity index (χ0v) is 25.5. The number of allylic oxidation sites excluding steroid dienone is 2. The summed E-state index contributed by atoms with van der Waals surface area (Å²) in [4.78, 5) is 52.9. The van der Waals surface area contributed by atoms with Crippen LogP contribution in [0.4, 0.5) is 0 Å². The van der Waals surface area contributed by atoms with Crippen LogP contribution in [0, 0.1) is 46.8 Å². The number of oxime groups is 1. The fourth-order valence-corrected chi connectivity index (χ4v) is 8.46. The van der Waals surface area contributed by atoms with E-state index in [0.717, 1.165) is 44.2 Å². The van der Waals surface area contributed by atoms with Gasteiger partial charge in [0.05, 0.1) is 12.1 Å². The molecule has 5 N–H and O–H groups in total. The van der Waals surface area contributed by atoms with Crippen LogP contribution in [0.15, 0.2) is 16.8 Å². The normalized spacial score (nSPS) is 35.3. The zero-order chi connectivity index (χ0) is 31.7. The number of nitrogens with zero attached hydrogens (tertiary/aromatic N) is 1. The molecule has 43 heavy (non-hydrogen) atoms. The van der Waals surface area contributed by atoms with Crippen molar-refractivity contribution in [2.75, 3.05) is 6.61 Å². The number of hydrogen-bond acceptors (Lipinski definition) is 7. The van der Waals surface area contributed by atoms with E-state index in [9.17, 15) is 29.4 Å². The minimum Gasteiger partial charge on any atom is -0.481 e. The Morgan fingerprint density at radius 1 is 1.07 bits per heavy atom. The van der Waals surface area contributed by atoms with E-state index in [1.807, 2.05) is 0 Å². The molecule has 0 radical (unpaired) electrons. The first kappa shape index (κ1) is 32.5. The topological polar surface area (TPSA) is 175 Å². The van der Waals surface area contributed by atoms with E-state index in [0.29, 0.717) is 30.6 Å². The second-order valence-corrected chi connectivity index (χ2v) is 13.6. The molecule has 3 fully saturated rings. The molecule has 236 valence electrons. The molecule has 0 bridgehead atoms. The Kier molecular flexibility index (Phi) is 9.31.